The molecule has 0 radical (unpaired) electrons. The second-order valence-electron chi connectivity index (χ2n) is 2.88. The molecule has 0 atom stereocenters. The van der Waals surface area contributed by atoms with E-state index in [9.17, 15) is 9.59 Å². The van der Waals surface area contributed by atoms with Gasteiger partial charge in [0.2, 0.25) is 0 Å². The molecule has 4 N–H and O–H groups in total. The predicted molar refractivity (Wildman–Crippen MR) is 60.4 cm³/mol. The molecular weight excluding hydrogens is 208 g/mol. The number of carbonyl (C=O) groups is 2. The number of benzene rings is 1. The van der Waals surface area contributed by atoms with Crippen molar-refractivity contribution < 1.29 is 14.7 Å². The summed E-state index contributed by atoms with van der Waals surface area (Å²) in [5.41, 5.74) is 5.46. The molecule has 0 saturated heterocycles. The Labute approximate surface area is 91.9 Å². The van der Waals surface area contributed by atoms with Crippen molar-refractivity contribution in [3.05, 3.63) is 36.0 Å². The quantitative estimate of drug-likeness (QED) is 0.519. The average Bonchev–Trinajstić information content (AvgIpc) is 2.74. The molecule has 2 rings (SSSR count). The maximum absolute atomic E-state index is 11.2. The van der Waals surface area contributed by atoms with Crippen LogP contribution in [0.4, 0.5) is 0 Å². The topological polar surface area (TPSA) is 96.2 Å². The Balaban J connectivity index is 0.000000606. The fourth-order valence-corrected chi connectivity index (χ4v) is 1.37. The smallest absolute Gasteiger partial charge is 0.377 e. The van der Waals surface area contributed by atoms with Gasteiger partial charge in [-0.2, -0.15) is 0 Å². The fourth-order valence-electron chi connectivity index (χ4n) is 1.37. The van der Waals surface area contributed by atoms with Gasteiger partial charge in [0.25, 0.3) is 5.78 Å². The maximum atomic E-state index is 11.2. The number of H-pyrrole nitrogens is 1. The van der Waals surface area contributed by atoms with E-state index in [-0.39, 0.29) is 5.56 Å². The van der Waals surface area contributed by atoms with Gasteiger partial charge in [-0.1, -0.05) is 18.2 Å². The van der Waals surface area contributed by atoms with Gasteiger partial charge in [-0.05, 0) is 13.1 Å². The predicted octanol–water partition coefficient (Wildman–Crippen LogP) is 1.01. The van der Waals surface area contributed by atoms with E-state index in [2.05, 4.69) is 10.7 Å². The first-order valence-corrected chi connectivity index (χ1v) is 4.61. The number of carboxylic acids is 1. The molecule has 0 aliphatic heterocycles. The van der Waals surface area contributed by atoms with Crippen molar-refractivity contribution in [2.75, 3.05) is 7.05 Å². The molecule has 0 amide bonds. The number of hydrogen-bond acceptors (Lipinski definition) is 3. The van der Waals surface area contributed by atoms with Crippen LogP contribution in [0.5, 0.6) is 0 Å². The molecule has 0 bridgehead atoms. The van der Waals surface area contributed by atoms with Gasteiger partial charge in [-0.15, -0.1) is 0 Å². The van der Waals surface area contributed by atoms with Crippen LogP contribution in [-0.4, -0.2) is 28.9 Å². The monoisotopic (exact) mass is 220 g/mol. The van der Waals surface area contributed by atoms with E-state index in [1.54, 1.807) is 18.2 Å². The molecular formula is C11H12N2O3. The number of rotatable bonds is 2. The van der Waals surface area contributed by atoms with Crippen molar-refractivity contribution in [3.63, 3.8) is 0 Å². The first kappa shape index (κ1) is 11.9. The molecule has 84 valence electrons. The SMILES string of the molecule is CN.O=C(O)C(=O)c1c[nH]c2ccccc12. The van der Waals surface area contributed by atoms with E-state index in [0.717, 1.165) is 5.52 Å². The van der Waals surface area contributed by atoms with Crippen molar-refractivity contribution >= 4 is 22.7 Å². The van der Waals surface area contributed by atoms with Crippen LogP contribution in [0.2, 0.25) is 0 Å². The van der Waals surface area contributed by atoms with E-state index in [1.807, 2.05) is 6.07 Å². The lowest BCUT2D eigenvalue weighted by atomic mass is 10.1. The summed E-state index contributed by atoms with van der Waals surface area (Å²) in [6.45, 7) is 0. The Morgan fingerprint density at radius 3 is 2.50 bits per heavy atom. The maximum Gasteiger partial charge on any atom is 0.377 e. The van der Waals surface area contributed by atoms with Crippen LogP contribution in [0.1, 0.15) is 10.4 Å². The van der Waals surface area contributed by atoms with Gasteiger partial charge in [-0.25, -0.2) is 4.79 Å². The Morgan fingerprint density at radius 1 is 1.25 bits per heavy atom. The Kier molecular flexibility index (Phi) is 3.79. The molecule has 1 heterocycles. The molecule has 0 aliphatic rings. The first-order valence-electron chi connectivity index (χ1n) is 4.61. The van der Waals surface area contributed by atoms with E-state index < -0.39 is 11.8 Å². The third kappa shape index (κ3) is 2.09. The summed E-state index contributed by atoms with van der Waals surface area (Å²) in [6, 6.07) is 7.07. The highest BCUT2D eigenvalue weighted by Crippen LogP contribution is 2.17. The summed E-state index contributed by atoms with van der Waals surface area (Å²) in [7, 11) is 1.50. The van der Waals surface area contributed by atoms with E-state index >= 15 is 0 Å². The molecule has 0 aliphatic carbocycles. The summed E-state index contributed by atoms with van der Waals surface area (Å²) in [5.74, 6) is -2.32. The molecule has 0 saturated carbocycles. The van der Waals surface area contributed by atoms with Gasteiger partial charge >= 0.3 is 5.97 Å². The normalized spacial score (nSPS) is 9.38. The number of nitrogens with two attached hydrogens (primary N) is 1. The zero-order valence-electron chi connectivity index (χ0n) is 8.73. The largest absolute Gasteiger partial charge is 0.475 e. The number of para-hydroxylation sites is 1. The van der Waals surface area contributed by atoms with Crippen LogP contribution >= 0.6 is 0 Å². The second-order valence-corrected chi connectivity index (χ2v) is 2.88. The van der Waals surface area contributed by atoms with Gasteiger partial charge in [0, 0.05) is 17.1 Å². The van der Waals surface area contributed by atoms with Gasteiger partial charge in [0.05, 0.1) is 5.56 Å². The fraction of sp³-hybridized carbons (Fsp3) is 0.0909. The van der Waals surface area contributed by atoms with Crippen molar-refractivity contribution in [1.29, 1.82) is 0 Å². The molecule has 16 heavy (non-hydrogen) atoms. The number of hydrogen-bond donors (Lipinski definition) is 3. The van der Waals surface area contributed by atoms with Gasteiger partial charge in [-0.3, -0.25) is 4.79 Å². The summed E-state index contributed by atoms with van der Waals surface area (Å²) in [4.78, 5) is 24.5. The number of carbonyl (C=O) groups excluding carboxylic acids is 1. The third-order valence-corrected chi connectivity index (χ3v) is 2.03. The molecule has 5 heteroatoms. The lowest BCUT2D eigenvalue weighted by Crippen LogP contribution is -2.11. The van der Waals surface area contributed by atoms with Crippen LogP contribution in [0.15, 0.2) is 30.5 Å². The minimum absolute atomic E-state index is 0.202. The lowest BCUT2D eigenvalue weighted by Gasteiger charge is -1.92. The van der Waals surface area contributed by atoms with Gasteiger partial charge < -0.3 is 15.8 Å². The number of Topliss-reactive ketones (excluding diaryl/α,β-unsaturated/α-hetero) is 1. The zero-order valence-corrected chi connectivity index (χ0v) is 8.73. The molecule has 5 nitrogen and oxygen atoms in total. The average molecular weight is 220 g/mol. The number of fused-ring (bicyclic) bond motifs is 1. The summed E-state index contributed by atoms with van der Waals surface area (Å²) < 4.78 is 0. The zero-order chi connectivity index (χ0) is 12.1. The van der Waals surface area contributed by atoms with Crippen molar-refractivity contribution in [2.24, 2.45) is 5.73 Å². The van der Waals surface area contributed by atoms with Crippen LogP contribution in [-0.2, 0) is 4.79 Å². The lowest BCUT2D eigenvalue weighted by molar-refractivity contribution is -0.131. The number of nitrogens with one attached hydrogen (secondary N) is 1. The van der Waals surface area contributed by atoms with Crippen LogP contribution < -0.4 is 5.73 Å². The Morgan fingerprint density at radius 2 is 1.88 bits per heavy atom. The summed E-state index contributed by atoms with van der Waals surface area (Å²) >= 11 is 0. The van der Waals surface area contributed by atoms with Crippen molar-refractivity contribution in [3.8, 4) is 0 Å². The molecule has 2 aromatic rings. The Bertz CT molecular complexity index is 517. The second kappa shape index (κ2) is 5.09. The third-order valence-electron chi connectivity index (χ3n) is 2.03. The number of aromatic amines is 1. The standard InChI is InChI=1S/C10H7NO3.CH5N/c12-9(10(13)14)7-5-11-8-4-2-1-3-6(7)8;1-2/h1-5,11H,(H,13,14);2H2,1H3. The molecule has 0 unspecified atom stereocenters. The van der Waals surface area contributed by atoms with Gasteiger partial charge in [0.1, 0.15) is 0 Å². The van der Waals surface area contributed by atoms with Crippen LogP contribution in [0.3, 0.4) is 0 Å². The summed E-state index contributed by atoms with van der Waals surface area (Å²) in [5, 5.41) is 9.19. The minimum atomic E-state index is -1.44. The first-order chi connectivity index (χ1) is 7.70. The molecule has 0 spiro atoms. The van der Waals surface area contributed by atoms with Crippen LogP contribution in [0.25, 0.3) is 10.9 Å². The van der Waals surface area contributed by atoms with Crippen LogP contribution in [0, 0.1) is 0 Å². The van der Waals surface area contributed by atoms with E-state index in [0.29, 0.717) is 5.39 Å². The number of aliphatic carboxylic acids is 1. The van der Waals surface area contributed by atoms with E-state index in [1.165, 1.54) is 13.2 Å². The molecule has 1 aromatic heterocycles. The highest BCUT2D eigenvalue weighted by Gasteiger charge is 2.17. The van der Waals surface area contributed by atoms with Crippen molar-refractivity contribution in [1.82, 2.24) is 4.98 Å². The molecule has 0 fully saturated rings. The summed E-state index contributed by atoms with van der Waals surface area (Å²) in [6.07, 6.45) is 1.42. The molecule has 1 aromatic carbocycles. The number of aromatic nitrogens is 1. The minimum Gasteiger partial charge on any atom is -0.475 e. The highest BCUT2D eigenvalue weighted by molar-refractivity contribution is 6.42. The number of ketones is 1. The highest BCUT2D eigenvalue weighted by atomic mass is 16.4. The van der Waals surface area contributed by atoms with E-state index in [4.69, 9.17) is 5.11 Å². The van der Waals surface area contributed by atoms with Crippen molar-refractivity contribution in [2.45, 2.75) is 0 Å². The Hall–Kier alpha value is -2.14. The number of carboxylic acid groups (broad SMARTS) is 1. The van der Waals surface area contributed by atoms with Gasteiger partial charge in [0.15, 0.2) is 0 Å².